The van der Waals surface area contributed by atoms with E-state index in [1.165, 1.54) is 4.68 Å². The minimum atomic E-state index is -0.151. The molecule has 6 nitrogen and oxygen atoms in total. The van der Waals surface area contributed by atoms with Crippen molar-refractivity contribution in [3.8, 4) is 5.69 Å². The normalized spacial score (nSPS) is 11.6. The zero-order chi connectivity index (χ0) is 17.4. The van der Waals surface area contributed by atoms with Crippen LogP contribution in [0, 0.1) is 6.92 Å². The van der Waals surface area contributed by atoms with E-state index in [4.69, 9.17) is 11.6 Å². The van der Waals surface area contributed by atoms with Gasteiger partial charge in [-0.1, -0.05) is 11.6 Å². The molecule has 0 saturated heterocycles. The largest absolute Gasteiger partial charge is 0.313 e. The van der Waals surface area contributed by atoms with Gasteiger partial charge in [0.05, 0.1) is 22.9 Å². The van der Waals surface area contributed by atoms with Crippen LogP contribution in [0.3, 0.4) is 0 Å². The maximum atomic E-state index is 12.7. The summed E-state index contributed by atoms with van der Waals surface area (Å²) in [6.07, 6.45) is 10.6. The SMILES string of the molecule is Cc1ncc2c(=O)n(-c3ccc(Cl)cc3)[nH]c2c1/C=C/n1ccnc1. The summed E-state index contributed by atoms with van der Waals surface area (Å²) in [6, 6.07) is 7.08. The monoisotopic (exact) mass is 351 g/mol. The summed E-state index contributed by atoms with van der Waals surface area (Å²) in [5.41, 5.74) is 2.99. The van der Waals surface area contributed by atoms with Crippen LogP contribution in [0.25, 0.3) is 28.9 Å². The standard InChI is InChI=1S/C18H14ClN5O/c1-12-15(6-8-23-9-7-20-11-23)17-16(10-21-12)18(25)24(22-17)14-4-2-13(19)3-5-14/h2-11,22H,1H3/b8-6+. The molecule has 0 atom stereocenters. The smallest absolute Gasteiger partial charge is 0.280 e. The van der Waals surface area contributed by atoms with E-state index in [1.807, 2.05) is 30.0 Å². The van der Waals surface area contributed by atoms with E-state index in [0.717, 1.165) is 16.8 Å². The Kier molecular flexibility index (Phi) is 3.74. The van der Waals surface area contributed by atoms with E-state index in [0.29, 0.717) is 16.1 Å². The Morgan fingerprint density at radius 2 is 2.04 bits per heavy atom. The van der Waals surface area contributed by atoms with E-state index in [1.54, 1.807) is 43.0 Å². The number of aryl methyl sites for hydroxylation is 1. The highest BCUT2D eigenvalue weighted by molar-refractivity contribution is 6.30. The first-order valence-corrected chi connectivity index (χ1v) is 8.03. The van der Waals surface area contributed by atoms with Crippen molar-refractivity contribution in [3.63, 3.8) is 0 Å². The summed E-state index contributed by atoms with van der Waals surface area (Å²) in [4.78, 5) is 21.1. The van der Waals surface area contributed by atoms with Gasteiger partial charge in [0.1, 0.15) is 0 Å². The van der Waals surface area contributed by atoms with Crippen LogP contribution < -0.4 is 5.56 Å². The van der Waals surface area contributed by atoms with Crippen LogP contribution in [0.1, 0.15) is 11.3 Å². The van der Waals surface area contributed by atoms with Gasteiger partial charge in [0, 0.05) is 41.1 Å². The van der Waals surface area contributed by atoms with Crippen molar-refractivity contribution in [3.05, 3.63) is 75.8 Å². The second-order valence-electron chi connectivity index (χ2n) is 5.60. The number of hydrogen-bond donors (Lipinski definition) is 1. The highest BCUT2D eigenvalue weighted by Crippen LogP contribution is 2.20. The lowest BCUT2D eigenvalue weighted by Crippen LogP contribution is -2.14. The van der Waals surface area contributed by atoms with E-state index in [9.17, 15) is 4.79 Å². The van der Waals surface area contributed by atoms with Crippen LogP contribution in [0.5, 0.6) is 0 Å². The molecule has 0 saturated carbocycles. The van der Waals surface area contributed by atoms with E-state index < -0.39 is 0 Å². The van der Waals surface area contributed by atoms with Crippen LogP contribution in [-0.4, -0.2) is 24.3 Å². The van der Waals surface area contributed by atoms with Crippen LogP contribution in [0.15, 0.2) is 54.0 Å². The summed E-state index contributed by atoms with van der Waals surface area (Å²) in [6.45, 7) is 1.91. The van der Waals surface area contributed by atoms with Crippen molar-refractivity contribution in [1.29, 1.82) is 0 Å². The quantitative estimate of drug-likeness (QED) is 0.614. The maximum Gasteiger partial charge on any atom is 0.280 e. The summed E-state index contributed by atoms with van der Waals surface area (Å²) in [5, 5.41) is 4.34. The summed E-state index contributed by atoms with van der Waals surface area (Å²) in [5.74, 6) is 0. The molecule has 4 rings (SSSR count). The molecule has 3 heterocycles. The highest BCUT2D eigenvalue weighted by atomic mass is 35.5. The van der Waals surface area contributed by atoms with Gasteiger partial charge in [-0.2, -0.15) is 0 Å². The summed E-state index contributed by atoms with van der Waals surface area (Å²) in [7, 11) is 0. The van der Waals surface area contributed by atoms with Gasteiger partial charge in [-0.05, 0) is 37.3 Å². The van der Waals surface area contributed by atoms with Gasteiger partial charge >= 0.3 is 0 Å². The molecule has 0 amide bonds. The Morgan fingerprint density at radius 1 is 1.24 bits per heavy atom. The number of fused-ring (bicyclic) bond motifs is 1. The number of H-pyrrole nitrogens is 1. The number of halogens is 1. The Balaban J connectivity index is 1.89. The molecule has 7 heteroatoms. The second-order valence-corrected chi connectivity index (χ2v) is 6.04. The molecule has 0 unspecified atom stereocenters. The number of rotatable bonds is 3. The fourth-order valence-corrected chi connectivity index (χ4v) is 2.81. The van der Waals surface area contributed by atoms with E-state index in [-0.39, 0.29) is 5.56 Å². The number of nitrogens with one attached hydrogen (secondary N) is 1. The fourth-order valence-electron chi connectivity index (χ4n) is 2.68. The van der Waals surface area contributed by atoms with Gasteiger partial charge in [-0.3, -0.25) is 14.9 Å². The first kappa shape index (κ1) is 15.4. The van der Waals surface area contributed by atoms with Crippen molar-refractivity contribution in [2.75, 3.05) is 0 Å². The average molecular weight is 352 g/mol. The average Bonchev–Trinajstić information content (AvgIpc) is 3.23. The van der Waals surface area contributed by atoms with Gasteiger partial charge in [0.15, 0.2) is 0 Å². The van der Waals surface area contributed by atoms with Crippen LogP contribution in [0.2, 0.25) is 5.02 Å². The number of benzene rings is 1. The molecule has 0 aliphatic heterocycles. The number of imidazole rings is 1. The number of hydrogen-bond acceptors (Lipinski definition) is 3. The van der Waals surface area contributed by atoms with Crippen molar-refractivity contribution < 1.29 is 0 Å². The molecule has 0 radical (unpaired) electrons. The van der Waals surface area contributed by atoms with Gasteiger partial charge in [-0.15, -0.1) is 0 Å². The number of pyridine rings is 1. The minimum absolute atomic E-state index is 0.151. The minimum Gasteiger partial charge on any atom is -0.313 e. The maximum absolute atomic E-state index is 12.7. The summed E-state index contributed by atoms with van der Waals surface area (Å²) >= 11 is 5.93. The van der Waals surface area contributed by atoms with Crippen molar-refractivity contribution in [2.24, 2.45) is 0 Å². The number of aromatic amines is 1. The summed E-state index contributed by atoms with van der Waals surface area (Å²) < 4.78 is 3.32. The van der Waals surface area contributed by atoms with Gasteiger partial charge in [0.2, 0.25) is 0 Å². The highest BCUT2D eigenvalue weighted by Gasteiger charge is 2.13. The molecule has 3 aromatic heterocycles. The zero-order valence-corrected chi connectivity index (χ0v) is 14.1. The van der Waals surface area contributed by atoms with Crippen molar-refractivity contribution in [1.82, 2.24) is 24.3 Å². The third-order valence-electron chi connectivity index (χ3n) is 4.00. The lowest BCUT2D eigenvalue weighted by atomic mass is 10.1. The first-order chi connectivity index (χ1) is 12.1. The first-order valence-electron chi connectivity index (χ1n) is 7.65. The molecule has 1 N–H and O–H groups in total. The Hall–Kier alpha value is -3.12. The third kappa shape index (κ3) is 2.77. The molecule has 0 bridgehead atoms. The zero-order valence-electron chi connectivity index (χ0n) is 13.3. The molecule has 0 fully saturated rings. The number of aromatic nitrogens is 5. The third-order valence-corrected chi connectivity index (χ3v) is 4.25. The van der Waals surface area contributed by atoms with Gasteiger partial charge in [-0.25, -0.2) is 9.67 Å². The Morgan fingerprint density at radius 3 is 2.76 bits per heavy atom. The lowest BCUT2D eigenvalue weighted by molar-refractivity contribution is 0.863. The molecular weight excluding hydrogens is 338 g/mol. The van der Waals surface area contributed by atoms with Crippen molar-refractivity contribution >= 4 is 34.8 Å². The lowest BCUT2D eigenvalue weighted by Gasteiger charge is -2.02. The molecule has 4 aromatic rings. The van der Waals surface area contributed by atoms with Gasteiger partial charge in [0.25, 0.3) is 5.56 Å². The van der Waals surface area contributed by atoms with Crippen LogP contribution in [0.4, 0.5) is 0 Å². The predicted molar refractivity (Wildman–Crippen MR) is 98.9 cm³/mol. The topological polar surface area (TPSA) is 68.5 Å². The Bertz CT molecular complexity index is 1120. The number of nitrogens with zero attached hydrogens (tertiary/aromatic N) is 4. The van der Waals surface area contributed by atoms with Crippen LogP contribution in [-0.2, 0) is 0 Å². The molecule has 124 valence electrons. The molecule has 25 heavy (non-hydrogen) atoms. The fraction of sp³-hybridized carbons (Fsp3) is 0.0556. The van der Waals surface area contributed by atoms with E-state index >= 15 is 0 Å². The second kappa shape index (κ2) is 6.07. The molecular formula is C18H14ClN5O. The molecule has 0 spiro atoms. The Labute approximate surface area is 148 Å². The van der Waals surface area contributed by atoms with Crippen LogP contribution >= 0.6 is 11.6 Å². The predicted octanol–water partition coefficient (Wildman–Crippen LogP) is 3.50. The van der Waals surface area contributed by atoms with Gasteiger partial charge < -0.3 is 4.57 Å². The molecule has 1 aromatic carbocycles. The molecule has 0 aliphatic rings. The van der Waals surface area contributed by atoms with Crippen molar-refractivity contribution in [2.45, 2.75) is 6.92 Å². The van der Waals surface area contributed by atoms with E-state index in [2.05, 4.69) is 15.1 Å². The molecule has 0 aliphatic carbocycles.